The molecule has 3 heteroatoms. The van der Waals surface area contributed by atoms with Gasteiger partial charge in [-0.25, -0.2) is 0 Å². The molecule has 6 aromatic carbocycles. The van der Waals surface area contributed by atoms with Gasteiger partial charge in [-0.2, -0.15) is 0 Å². The Labute approximate surface area is 277 Å². The summed E-state index contributed by atoms with van der Waals surface area (Å²) in [6, 6.07) is 57.9. The molecule has 0 bridgehead atoms. The molecule has 0 spiro atoms. The Hall–Kier alpha value is -5.08. The molecular formula is C42H34FeN2. The first-order valence-electron chi connectivity index (χ1n) is 14.9. The summed E-state index contributed by atoms with van der Waals surface area (Å²) in [5.74, 6) is 0. The normalized spacial score (nSPS) is 10.3. The second-order valence-corrected chi connectivity index (χ2v) is 10.7. The molecule has 0 unspecified atom stereocenters. The summed E-state index contributed by atoms with van der Waals surface area (Å²) >= 11 is 0. The number of nitrogens with zero attached hydrogens (tertiary/aromatic N) is 2. The van der Waals surface area contributed by atoms with Gasteiger partial charge in [0.2, 0.25) is 0 Å². The van der Waals surface area contributed by atoms with Crippen LogP contribution in [0.15, 0.2) is 170 Å². The molecule has 220 valence electrons. The average molecular weight is 623 g/mol. The maximum absolute atomic E-state index is 3.78. The Balaban J connectivity index is 0.000000347. The van der Waals surface area contributed by atoms with Gasteiger partial charge in [-0.3, -0.25) is 0 Å². The quantitative estimate of drug-likeness (QED) is 0.136. The molecule has 0 N–H and O–H groups in total. The molecule has 0 saturated carbocycles. The van der Waals surface area contributed by atoms with Crippen LogP contribution in [-0.4, -0.2) is 19.1 Å². The minimum absolute atomic E-state index is 0. The topological polar surface area (TPSA) is 16.1 Å². The van der Waals surface area contributed by atoms with E-state index in [4.69, 9.17) is 0 Å². The van der Waals surface area contributed by atoms with E-state index in [0.717, 1.165) is 5.69 Å². The van der Waals surface area contributed by atoms with Crippen molar-refractivity contribution in [3.05, 3.63) is 176 Å². The molecule has 0 aliphatic rings. The molecular weight excluding hydrogens is 588 g/mol. The molecule has 0 amide bonds. The van der Waals surface area contributed by atoms with Crippen molar-refractivity contribution in [1.29, 1.82) is 0 Å². The Morgan fingerprint density at radius 2 is 0.867 bits per heavy atom. The van der Waals surface area contributed by atoms with Gasteiger partial charge in [-0.05, 0) is 25.2 Å². The monoisotopic (exact) mass is 622 g/mol. The van der Waals surface area contributed by atoms with Gasteiger partial charge in [0.1, 0.15) is 0 Å². The zero-order chi connectivity index (χ0) is 30.1. The minimum atomic E-state index is 0. The largest absolute Gasteiger partial charge is 2.00 e. The van der Waals surface area contributed by atoms with Crippen molar-refractivity contribution in [3.63, 3.8) is 0 Å². The molecule has 45 heavy (non-hydrogen) atoms. The third-order valence-electron chi connectivity index (χ3n) is 7.69. The molecule has 7 aromatic rings. The van der Waals surface area contributed by atoms with E-state index < -0.39 is 0 Å². The van der Waals surface area contributed by atoms with Crippen LogP contribution in [0.1, 0.15) is 0 Å². The molecule has 0 aliphatic heterocycles. The Bertz CT molecular complexity index is 1590. The van der Waals surface area contributed by atoms with Crippen molar-refractivity contribution < 1.29 is 17.1 Å². The number of anilines is 1. The Morgan fingerprint density at radius 1 is 0.489 bits per heavy atom. The van der Waals surface area contributed by atoms with Crippen molar-refractivity contribution >= 4 is 5.69 Å². The van der Waals surface area contributed by atoms with Gasteiger partial charge in [0, 0.05) is 0 Å². The fourth-order valence-corrected chi connectivity index (χ4v) is 5.68. The van der Waals surface area contributed by atoms with Crippen molar-refractivity contribution in [2.45, 2.75) is 0 Å². The van der Waals surface area contributed by atoms with Crippen molar-refractivity contribution in [1.82, 2.24) is 4.98 Å². The van der Waals surface area contributed by atoms with Crippen molar-refractivity contribution in [2.75, 3.05) is 19.0 Å². The second-order valence-electron chi connectivity index (χ2n) is 10.7. The number of aromatic nitrogens is 1. The van der Waals surface area contributed by atoms with E-state index >= 15 is 0 Å². The third kappa shape index (κ3) is 7.02. The SMILES string of the molecule is CN(C)c1c[c-]ncc1.[Fe+2].c1ccc(-c2c(-c3ccccc3)c(-c3ccccc3)[c-](-c3ccccc3)c2-c2ccccc2)cc1. The fraction of sp³-hybridized carbons (Fsp3) is 0.0476. The molecule has 1 aromatic heterocycles. The first-order chi connectivity index (χ1) is 21.7. The van der Waals surface area contributed by atoms with Crippen LogP contribution in [-0.2, 0) is 17.1 Å². The first-order valence-corrected chi connectivity index (χ1v) is 14.9. The maximum atomic E-state index is 3.78. The van der Waals surface area contributed by atoms with Crippen LogP contribution in [0, 0.1) is 6.20 Å². The third-order valence-corrected chi connectivity index (χ3v) is 7.69. The summed E-state index contributed by atoms with van der Waals surface area (Å²) < 4.78 is 0. The van der Waals surface area contributed by atoms with Crippen molar-refractivity contribution in [3.8, 4) is 55.6 Å². The zero-order valence-corrected chi connectivity index (χ0v) is 26.5. The Kier molecular flexibility index (Phi) is 10.5. The van der Waals surface area contributed by atoms with Crippen LogP contribution < -0.4 is 4.90 Å². The van der Waals surface area contributed by atoms with Crippen molar-refractivity contribution in [2.24, 2.45) is 0 Å². The molecule has 0 aliphatic carbocycles. The summed E-state index contributed by atoms with van der Waals surface area (Å²) in [7, 11) is 3.98. The summed E-state index contributed by atoms with van der Waals surface area (Å²) in [4.78, 5) is 5.79. The van der Waals surface area contributed by atoms with Gasteiger partial charge in [0.25, 0.3) is 0 Å². The predicted octanol–water partition coefficient (Wildman–Crippen LogP) is 10.7. The number of pyridine rings is 1. The van der Waals surface area contributed by atoms with E-state index in [-0.39, 0.29) is 17.1 Å². The van der Waals surface area contributed by atoms with E-state index in [9.17, 15) is 0 Å². The molecule has 1 heterocycles. The fourth-order valence-electron chi connectivity index (χ4n) is 5.68. The van der Waals surface area contributed by atoms with Gasteiger partial charge in [-0.15, -0.1) is 12.1 Å². The number of benzene rings is 5. The minimum Gasteiger partial charge on any atom is -0.429 e. The van der Waals surface area contributed by atoms with Gasteiger partial charge < -0.3 is 9.88 Å². The van der Waals surface area contributed by atoms with E-state index in [1.54, 1.807) is 6.20 Å². The van der Waals surface area contributed by atoms with E-state index in [2.05, 4.69) is 163 Å². The second kappa shape index (κ2) is 15.1. The maximum Gasteiger partial charge on any atom is 2.00 e. The predicted molar refractivity (Wildman–Crippen MR) is 187 cm³/mol. The average Bonchev–Trinajstić information content (AvgIpc) is 3.47. The van der Waals surface area contributed by atoms with E-state index in [1.165, 1.54) is 55.6 Å². The van der Waals surface area contributed by atoms with Crippen LogP contribution in [0.3, 0.4) is 0 Å². The van der Waals surface area contributed by atoms with Crippen LogP contribution >= 0.6 is 0 Å². The van der Waals surface area contributed by atoms with E-state index in [1.807, 2.05) is 31.1 Å². The van der Waals surface area contributed by atoms with Crippen LogP contribution in [0.5, 0.6) is 0 Å². The van der Waals surface area contributed by atoms with Crippen LogP contribution in [0.2, 0.25) is 0 Å². The Morgan fingerprint density at radius 3 is 1.20 bits per heavy atom. The van der Waals surface area contributed by atoms with Crippen LogP contribution in [0.25, 0.3) is 55.6 Å². The summed E-state index contributed by atoms with van der Waals surface area (Å²) in [5, 5.41) is 0. The zero-order valence-electron chi connectivity index (χ0n) is 25.4. The number of rotatable bonds is 6. The molecule has 0 saturated heterocycles. The van der Waals surface area contributed by atoms with Crippen LogP contribution in [0.4, 0.5) is 5.69 Å². The van der Waals surface area contributed by atoms with E-state index in [0.29, 0.717) is 0 Å². The van der Waals surface area contributed by atoms with Gasteiger partial charge >= 0.3 is 17.1 Å². The number of hydrogen-bond donors (Lipinski definition) is 0. The smallest absolute Gasteiger partial charge is 0.429 e. The summed E-state index contributed by atoms with van der Waals surface area (Å²) in [6.07, 6.45) is 4.48. The summed E-state index contributed by atoms with van der Waals surface area (Å²) in [5.41, 5.74) is 13.7. The molecule has 0 radical (unpaired) electrons. The van der Waals surface area contributed by atoms with Gasteiger partial charge in [0.05, 0.1) is 0 Å². The molecule has 0 atom stereocenters. The first kappa shape index (κ1) is 31.3. The van der Waals surface area contributed by atoms with Gasteiger partial charge in [0.15, 0.2) is 0 Å². The summed E-state index contributed by atoms with van der Waals surface area (Å²) in [6.45, 7) is 0. The molecule has 0 fully saturated rings. The number of hydrogen-bond acceptors (Lipinski definition) is 2. The molecule has 2 nitrogen and oxygen atoms in total. The van der Waals surface area contributed by atoms with Gasteiger partial charge in [-0.1, -0.05) is 214 Å². The standard InChI is InChI=1S/C35H25.C7H9N2.Fe/c1-6-16-26(17-7-1)31-32(27-18-8-2-9-19-27)34(29-22-12-4-13-23-29)35(30-24-14-5-15-25-30)33(31)28-20-10-3-11-21-28;1-9(2)7-3-5-8-6-4-7;/h1-25H;3-5H,1-2H3;/q2*-1;+2. The molecule has 7 rings (SSSR count).